The first kappa shape index (κ1) is 15.6. The van der Waals surface area contributed by atoms with Gasteiger partial charge in [0.25, 0.3) is 5.69 Å². The first-order valence-corrected chi connectivity index (χ1v) is 6.32. The van der Waals surface area contributed by atoms with E-state index in [9.17, 15) is 15.2 Å². The minimum absolute atomic E-state index is 0.0147. The van der Waals surface area contributed by atoms with Crippen molar-refractivity contribution in [1.82, 2.24) is 5.32 Å². The number of non-ortho nitro benzene ring substituents is 1. The SMILES string of the molecule is CC(O)CCCNCC(O)c1ccc([N+](=O)[O-])cc1. The van der Waals surface area contributed by atoms with E-state index in [-0.39, 0.29) is 11.8 Å². The van der Waals surface area contributed by atoms with Crippen molar-refractivity contribution in [2.45, 2.75) is 32.0 Å². The number of nitro benzene ring substituents is 1. The van der Waals surface area contributed by atoms with E-state index in [4.69, 9.17) is 5.11 Å². The number of hydrogen-bond donors (Lipinski definition) is 3. The standard InChI is InChI=1S/C13H20N2O4/c1-10(16)3-2-8-14-9-13(17)11-4-6-12(7-5-11)15(18)19/h4-7,10,13-14,16-17H,2-3,8-9H2,1H3. The molecule has 2 atom stereocenters. The maximum Gasteiger partial charge on any atom is 0.269 e. The number of nitrogens with one attached hydrogen (secondary N) is 1. The fourth-order valence-corrected chi connectivity index (χ4v) is 1.70. The van der Waals surface area contributed by atoms with Crippen LogP contribution in [0.25, 0.3) is 0 Å². The van der Waals surface area contributed by atoms with Crippen molar-refractivity contribution < 1.29 is 15.1 Å². The topological polar surface area (TPSA) is 95.6 Å². The van der Waals surface area contributed by atoms with E-state index >= 15 is 0 Å². The van der Waals surface area contributed by atoms with Crippen molar-refractivity contribution in [3.63, 3.8) is 0 Å². The van der Waals surface area contributed by atoms with Gasteiger partial charge in [0.1, 0.15) is 0 Å². The summed E-state index contributed by atoms with van der Waals surface area (Å²) < 4.78 is 0. The zero-order chi connectivity index (χ0) is 14.3. The van der Waals surface area contributed by atoms with Crippen LogP contribution in [-0.4, -0.2) is 34.3 Å². The second kappa shape index (κ2) is 7.83. The Morgan fingerprint density at radius 1 is 1.32 bits per heavy atom. The summed E-state index contributed by atoms with van der Waals surface area (Å²) >= 11 is 0. The Kier molecular flexibility index (Phi) is 6.41. The second-order valence-corrected chi connectivity index (χ2v) is 4.56. The molecular weight excluding hydrogens is 248 g/mol. The van der Waals surface area contributed by atoms with E-state index in [0.717, 1.165) is 19.4 Å². The summed E-state index contributed by atoms with van der Waals surface area (Å²) in [6, 6.07) is 5.87. The lowest BCUT2D eigenvalue weighted by Crippen LogP contribution is -2.23. The van der Waals surface area contributed by atoms with Crippen molar-refractivity contribution >= 4 is 5.69 Å². The Bertz CT molecular complexity index is 392. The van der Waals surface area contributed by atoms with E-state index in [1.807, 2.05) is 0 Å². The second-order valence-electron chi connectivity index (χ2n) is 4.56. The van der Waals surface area contributed by atoms with Crippen LogP contribution in [0.15, 0.2) is 24.3 Å². The lowest BCUT2D eigenvalue weighted by atomic mass is 10.1. The Labute approximate surface area is 112 Å². The van der Waals surface area contributed by atoms with Gasteiger partial charge in [-0.15, -0.1) is 0 Å². The molecular formula is C13H20N2O4. The third kappa shape index (κ3) is 5.78. The van der Waals surface area contributed by atoms with Crippen LogP contribution in [0.2, 0.25) is 0 Å². The molecule has 0 fully saturated rings. The quantitative estimate of drug-likeness (QED) is 0.376. The van der Waals surface area contributed by atoms with Gasteiger partial charge < -0.3 is 15.5 Å². The predicted octanol–water partition coefficient (Wildman–Crippen LogP) is 1.38. The highest BCUT2D eigenvalue weighted by molar-refractivity contribution is 5.33. The lowest BCUT2D eigenvalue weighted by molar-refractivity contribution is -0.384. The molecule has 6 nitrogen and oxygen atoms in total. The summed E-state index contributed by atoms with van der Waals surface area (Å²) in [7, 11) is 0. The van der Waals surface area contributed by atoms with Crippen LogP contribution >= 0.6 is 0 Å². The summed E-state index contributed by atoms with van der Waals surface area (Å²) in [4.78, 5) is 10.0. The lowest BCUT2D eigenvalue weighted by Gasteiger charge is -2.12. The summed E-state index contributed by atoms with van der Waals surface area (Å²) in [5.74, 6) is 0. The van der Waals surface area contributed by atoms with E-state index in [2.05, 4.69) is 5.32 Å². The van der Waals surface area contributed by atoms with Crippen LogP contribution in [0.1, 0.15) is 31.4 Å². The van der Waals surface area contributed by atoms with Crippen molar-refractivity contribution in [3.8, 4) is 0 Å². The summed E-state index contributed by atoms with van der Waals surface area (Å²) in [6.07, 6.45) is 0.569. The first-order chi connectivity index (χ1) is 9.00. The molecule has 6 heteroatoms. The fraction of sp³-hybridized carbons (Fsp3) is 0.538. The Hall–Kier alpha value is -1.50. The molecule has 1 aromatic rings. The van der Waals surface area contributed by atoms with Gasteiger partial charge >= 0.3 is 0 Å². The van der Waals surface area contributed by atoms with E-state index in [0.29, 0.717) is 12.1 Å². The maximum atomic E-state index is 10.5. The van der Waals surface area contributed by atoms with Crippen LogP contribution in [0.4, 0.5) is 5.69 Å². The molecule has 2 unspecified atom stereocenters. The number of benzene rings is 1. The molecule has 0 saturated heterocycles. The molecule has 0 aliphatic carbocycles. The fourth-order valence-electron chi connectivity index (χ4n) is 1.70. The van der Waals surface area contributed by atoms with E-state index < -0.39 is 11.0 Å². The van der Waals surface area contributed by atoms with Crippen LogP contribution < -0.4 is 5.32 Å². The average molecular weight is 268 g/mol. The van der Waals surface area contributed by atoms with Crippen LogP contribution in [0.5, 0.6) is 0 Å². The molecule has 0 amide bonds. The van der Waals surface area contributed by atoms with Crippen LogP contribution in [0.3, 0.4) is 0 Å². The van der Waals surface area contributed by atoms with Gasteiger partial charge in [-0.05, 0) is 44.0 Å². The molecule has 0 aliphatic heterocycles. The van der Waals surface area contributed by atoms with Gasteiger partial charge in [0.05, 0.1) is 17.1 Å². The zero-order valence-corrected chi connectivity index (χ0v) is 11.0. The molecule has 0 saturated carbocycles. The molecule has 0 aromatic heterocycles. The third-order valence-corrected chi connectivity index (χ3v) is 2.80. The van der Waals surface area contributed by atoms with Crippen LogP contribution in [-0.2, 0) is 0 Å². The number of hydrogen-bond acceptors (Lipinski definition) is 5. The van der Waals surface area contributed by atoms with Crippen molar-refractivity contribution in [3.05, 3.63) is 39.9 Å². The van der Waals surface area contributed by atoms with Gasteiger partial charge in [-0.25, -0.2) is 0 Å². The number of nitro groups is 1. The minimum atomic E-state index is -0.688. The Morgan fingerprint density at radius 3 is 2.47 bits per heavy atom. The monoisotopic (exact) mass is 268 g/mol. The van der Waals surface area contributed by atoms with Gasteiger partial charge in [0.2, 0.25) is 0 Å². The smallest absolute Gasteiger partial charge is 0.269 e. The normalized spacial score (nSPS) is 14.1. The highest BCUT2D eigenvalue weighted by atomic mass is 16.6. The maximum absolute atomic E-state index is 10.5. The Balaban J connectivity index is 2.33. The summed E-state index contributed by atoms with van der Waals surface area (Å²) in [5, 5.41) is 32.5. The third-order valence-electron chi connectivity index (χ3n) is 2.80. The number of rotatable bonds is 8. The zero-order valence-electron chi connectivity index (χ0n) is 11.0. The highest BCUT2D eigenvalue weighted by Gasteiger charge is 2.10. The predicted molar refractivity (Wildman–Crippen MR) is 71.8 cm³/mol. The van der Waals surface area contributed by atoms with Gasteiger partial charge in [-0.3, -0.25) is 10.1 Å². The molecule has 1 aromatic carbocycles. The van der Waals surface area contributed by atoms with Gasteiger partial charge in [0.15, 0.2) is 0 Å². The summed E-state index contributed by atoms with van der Waals surface area (Å²) in [5.41, 5.74) is 0.662. The molecule has 0 heterocycles. The molecule has 3 N–H and O–H groups in total. The Morgan fingerprint density at radius 2 is 1.95 bits per heavy atom. The minimum Gasteiger partial charge on any atom is -0.393 e. The summed E-state index contributed by atoms with van der Waals surface area (Å²) in [6.45, 7) is 2.85. The number of nitrogens with zero attached hydrogens (tertiary/aromatic N) is 1. The van der Waals surface area contributed by atoms with Gasteiger partial charge in [-0.1, -0.05) is 0 Å². The van der Waals surface area contributed by atoms with Crippen molar-refractivity contribution in [1.29, 1.82) is 0 Å². The van der Waals surface area contributed by atoms with E-state index in [1.54, 1.807) is 19.1 Å². The average Bonchev–Trinajstić information content (AvgIpc) is 2.37. The molecule has 1 rings (SSSR count). The van der Waals surface area contributed by atoms with Crippen molar-refractivity contribution in [2.75, 3.05) is 13.1 Å². The largest absolute Gasteiger partial charge is 0.393 e. The number of aliphatic hydroxyl groups excluding tert-OH is 2. The van der Waals surface area contributed by atoms with Crippen LogP contribution in [0, 0.1) is 10.1 Å². The molecule has 106 valence electrons. The first-order valence-electron chi connectivity index (χ1n) is 6.32. The van der Waals surface area contributed by atoms with E-state index in [1.165, 1.54) is 12.1 Å². The highest BCUT2D eigenvalue weighted by Crippen LogP contribution is 2.17. The molecule has 0 spiro atoms. The van der Waals surface area contributed by atoms with Gasteiger partial charge in [0, 0.05) is 18.7 Å². The molecule has 0 aliphatic rings. The van der Waals surface area contributed by atoms with Crippen molar-refractivity contribution in [2.24, 2.45) is 0 Å². The molecule has 0 bridgehead atoms. The molecule has 0 radical (unpaired) electrons. The number of aliphatic hydroxyl groups is 2. The molecule has 19 heavy (non-hydrogen) atoms. The van der Waals surface area contributed by atoms with Gasteiger partial charge in [-0.2, -0.15) is 0 Å².